The molecular formula is C69H122N14O16. The molecule has 18 N–H and O–H groups in total. The van der Waals surface area contributed by atoms with Gasteiger partial charge in [0, 0.05) is 32.2 Å². The fourth-order valence-electron chi connectivity index (χ4n) is 11.1. The average molecular weight is 1400 g/mol. The molecule has 0 bridgehead atoms. The fraction of sp³-hybridized carbons (Fsp3) is 0.768. The molecule has 1 fully saturated rings. The van der Waals surface area contributed by atoms with Crippen LogP contribution in [0.4, 0.5) is 0 Å². The summed E-state index contributed by atoms with van der Waals surface area (Å²) in [7, 11) is 0. The van der Waals surface area contributed by atoms with Gasteiger partial charge in [0.25, 0.3) is 0 Å². The molecule has 0 radical (unpaired) electrons. The summed E-state index contributed by atoms with van der Waals surface area (Å²) in [5, 5.41) is 47.9. The third-order valence-electron chi connectivity index (χ3n) is 17.8. The van der Waals surface area contributed by atoms with E-state index in [0.717, 1.165) is 38.5 Å². The minimum Gasteiger partial charge on any atom is -0.394 e. The number of carbonyl (C=O) groups excluding carboxylic acids is 14. The van der Waals surface area contributed by atoms with Crippen LogP contribution in [0.3, 0.4) is 0 Å². The number of hydrogen-bond donors (Lipinski definition) is 15. The second kappa shape index (κ2) is 43.0. The lowest BCUT2D eigenvalue weighted by molar-refractivity contribution is -0.146. The third-order valence-corrected chi connectivity index (χ3v) is 17.8. The predicted octanol–water partition coefficient (Wildman–Crippen LogP) is 1.23. The molecule has 0 aromatic carbocycles. The average Bonchev–Trinajstić information content (AvgIpc) is 1.78. The highest BCUT2D eigenvalue weighted by Gasteiger charge is 2.47. The fourth-order valence-corrected chi connectivity index (χ4v) is 11.1. The van der Waals surface area contributed by atoms with E-state index in [0.29, 0.717) is 19.3 Å². The molecule has 30 nitrogen and oxygen atoms in total. The summed E-state index contributed by atoms with van der Waals surface area (Å²) in [6, 6.07) is -9.45. The number of unbranched alkanes of at least 4 members (excludes halogenated alkanes) is 6. The molecule has 14 amide bonds. The number of allylic oxidation sites excluding steroid dienone is 2. The van der Waals surface area contributed by atoms with E-state index in [2.05, 4.69) is 60.1 Å². The number of amides is 14. The smallest absolute Gasteiger partial charge is 0.248 e. The van der Waals surface area contributed by atoms with Crippen LogP contribution >= 0.6 is 0 Å². The van der Waals surface area contributed by atoms with E-state index in [-0.39, 0.29) is 82.3 Å². The van der Waals surface area contributed by atoms with Gasteiger partial charge in [-0.05, 0) is 137 Å². The Bertz CT molecular complexity index is 2780. The molecule has 1 aliphatic heterocycles. The van der Waals surface area contributed by atoms with Gasteiger partial charge in [-0.2, -0.15) is 0 Å². The first kappa shape index (κ1) is 89.3. The topological polar surface area (TPSA) is 481 Å². The highest BCUT2D eigenvalue weighted by Crippen LogP contribution is 2.26. The first-order valence-corrected chi connectivity index (χ1v) is 35.3. The van der Waals surface area contributed by atoms with Crippen molar-refractivity contribution in [2.75, 3.05) is 13.2 Å². The van der Waals surface area contributed by atoms with E-state index >= 15 is 0 Å². The molecule has 30 heteroatoms. The molecule has 0 spiro atoms. The van der Waals surface area contributed by atoms with Crippen molar-refractivity contribution in [2.24, 2.45) is 35.0 Å². The van der Waals surface area contributed by atoms with Crippen molar-refractivity contribution >= 4 is 82.7 Å². The normalized spacial score (nSPS) is 17.0. The van der Waals surface area contributed by atoms with Crippen molar-refractivity contribution < 1.29 is 77.3 Å². The zero-order valence-corrected chi connectivity index (χ0v) is 61.6. The Morgan fingerprint density at radius 2 is 1.00 bits per heavy atom. The Kier molecular flexibility index (Phi) is 38.8. The molecule has 1 rings (SSSR count). The SMILES string of the molecule is C/C=C/CC(C)C(O)[C@H](NC(=O)[C@@H]1CCCN1C(=O)[C@](C)(CC)NC(=O)CCCCCCCCC)C(=O)N[C@@](C)(CC)C(=O)N[C@@H](CCC(N)=O)C(=O)N[C@H](CCC(N)=O)C(=O)NC(C)(C)C(=O)NC(C)(C)C(=O)N[C@@H](CCC(N)=O)C(=O)N[C@H](CC(C)C)C(=O)N[C@H](CO)CC(C)C. The van der Waals surface area contributed by atoms with Gasteiger partial charge in [0.05, 0.1) is 18.8 Å². The van der Waals surface area contributed by atoms with Crippen molar-refractivity contribution in [1.29, 1.82) is 0 Å². The van der Waals surface area contributed by atoms with Crippen molar-refractivity contribution in [3.05, 3.63) is 12.2 Å². The van der Waals surface area contributed by atoms with Gasteiger partial charge in [-0.15, -0.1) is 0 Å². The molecule has 1 heterocycles. The Balaban J connectivity index is 3.55. The predicted molar refractivity (Wildman–Crippen MR) is 373 cm³/mol. The van der Waals surface area contributed by atoms with Gasteiger partial charge in [0.15, 0.2) is 0 Å². The van der Waals surface area contributed by atoms with Crippen LogP contribution in [0.2, 0.25) is 0 Å². The van der Waals surface area contributed by atoms with Crippen molar-refractivity contribution in [3.8, 4) is 0 Å². The number of aliphatic hydroxyl groups excluding tert-OH is 2. The summed E-state index contributed by atoms with van der Waals surface area (Å²) in [5.41, 5.74) is 9.26. The molecule has 2 unspecified atom stereocenters. The van der Waals surface area contributed by atoms with Gasteiger partial charge < -0.3 is 85.5 Å². The minimum absolute atomic E-state index is 0.114. The molecule has 564 valence electrons. The van der Waals surface area contributed by atoms with Crippen molar-refractivity contribution in [2.45, 2.75) is 309 Å². The summed E-state index contributed by atoms with van der Waals surface area (Å²) in [5.74, 6) is -12.5. The summed E-state index contributed by atoms with van der Waals surface area (Å²) < 4.78 is 0. The molecule has 99 heavy (non-hydrogen) atoms. The highest BCUT2D eigenvalue weighted by atomic mass is 16.3. The van der Waals surface area contributed by atoms with Crippen LogP contribution in [0.15, 0.2) is 12.2 Å². The summed E-state index contributed by atoms with van der Waals surface area (Å²) >= 11 is 0. The zero-order valence-electron chi connectivity index (χ0n) is 61.6. The number of nitrogens with one attached hydrogen (secondary N) is 10. The van der Waals surface area contributed by atoms with Gasteiger partial charge >= 0.3 is 0 Å². The maximum atomic E-state index is 14.7. The van der Waals surface area contributed by atoms with E-state index in [1.54, 1.807) is 39.8 Å². The number of hydrogen-bond acceptors (Lipinski definition) is 16. The number of likely N-dealkylation sites (tertiary alicyclic amines) is 1. The lowest BCUT2D eigenvalue weighted by atomic mass is 9.91. The number of primary amides is 3. The van der Waals surface area contributed by atoms with Crippen LogP contribution in [0, 0.1) is 17.8 Å². The summed E-state index contributed by atoms with van der Waals surface area (Å²) in [4.78, 5) is 193. The van der Waals surface area contributed by atoms with E-state index in [9.17, 15) is 77.3 Å². The van der Waals surface area contributed by atoms with Crippen LogP contribution in [-0.4, -0.2) is 182 Å². The number of nitrogens with two attached hydrogens (primary N) is 3. The lowest BCUT2D eigenvalue weighted by Gasteiger charge is -2.37. The van der Waals surface area contributed by atoms with Gasteiger partial charge in [-0.1, -0.05) is 106 Å². The first-order valence-electron chi connectivity index (χ1n) is 35.3. The van der Waals surface area contributed by atoms with Gasteiger partial charge in [-0.3, -0.25) is 67.1 Å². The maximum absolute atomic E-state index is 14.7. The quantitative estimate of drug-likeness (QED) is 0.0301. The molecule has 0 aromatic rings. The Morgan fingerprint density at radius 3 is 1.48 bits per heavy atom. The molecular weight excluding hydrogens is 1280 g/mol. The molecule has 0 saturated carbocycles. The number of carbonyl (C=O) groups is 14. The molecule has 0 aromatic heterocycles. The standard InChI is InChI=1S/C69H122N14O16/c1-16-20-22-23-24-25-26-30-53(88)79-69(15,19-4)65(99)83-37-27-29-49(83)60(94)78-54(55(89)43(9)28-21-17-2)61(95)81-68(14,18-3)64(98)77-46(32-35-51(71)86)56(90)74-47(33-36-52(72)87)59(93)80-67(12,13)63(97)82-66(10,11)62(96)76-45(31-34-50(70)85)57(91)75-48(39-42(7)8)58(92)73-44(40-84)38-41(5)6/h17,21,41-49,54-55,84,89H,16,18-20,22-40H2,1-15H3,(H2,70,85)(H2,71,86)(H2,72,87)(H,73,92)(H,74,90)(H,75,91)(H,76,96)(H,77,98)(H,78,94)(H,79,88)(H,80,93)(H,81,95)(H,82,97)/b21-17+/t43?,44-,45-,46-,47+,48+,49-,54-,55?,68-,69-/m0/s1. The summed E-state index contributed by atoms with van der Waals surface area (Å²) in [6.45, 7) is 24.0. The van der Waals surface area contributed by atoms with Crippen molar-refractivity contribution in [1.82, 2.24) is 58.1 Å². The largest absolute Gasteiger partial charge is 0.394 e. The van der Waals surface area contributed by atoms with Crippen molar-refractivity contribution in [3.63, 3.8) is 0 Å². The number of rotatable bonds is 48. The lowest BCUT2D eigenvalue weighted by Crippen LogP contribution is -2.66. The Labute approximate surface area is 585 Å². The molecule has 1 aliphatic rings. The van der Waals surface area contributed by atoms with E-state index in [1.165, 1.54) is 46.4 Å². The monoisotopic (exact) mass is 1400 g/mol. The Hall–Kier alpha value is -7.76. The second-order valence-electron chi connectivity index (χ2n) is 28.7. The molecule has 0 aliphatic carbocycles. The van der Waals surface area contributed by atoms with E-state index in [4.69, 9.17) is 17.2 Å². The van der Waals surface area contributed by atoms with Gasteiger partial charge in [0.1, 0.15) is 58.4 Å². The first-order chi connectivity index (χ1) is 46.1. The number of aliphatic hydroxyl groups is 2. The minimum atomic E-state index is -1.95. The molecule has 11 atom stereocenters. The third kappa shape index (κ3) is 31.1. The highest BCUT2D eigenvalue weighted by molar-refractivity contribution is 6.02. The molecule has 1 saturated heterocycles. The second-order valence-corrected chi connectivity index (χ2v) is 28.7. The van der Waals surface area contributed by atoms with Crippen LogP contribution < -0.4 is 70.4 Å². The zero-order chi connectivity index (χ0) is 75.8. The van der Waals surface area contributed by atoms with E-state index in [1.807, 2.05) is 27.7 Å². The maximum Gasteiger partial charge on any atom is 0.248 e. The van der Waals surface area contributed by atoms with Gasteiger partial charge in [-0.25, -0.2) is 0 Å². The van der Waals surface area contributed by atoms with Crippen LogP contribution in [0.5, 0.6) is 0 Å². The van der Waals surface area contributed by atoms with Crippen LogP contribution in [0.1, 0.15) is 239 Å². The summed E-state index contributed by atoms with van der Waals surface area (Å²) in [6.07, 6.45) is 7.94. The van der Waals surface area contributed by atoms with Gasteiger partial charge in [0.2, 0.25) is 82.7 Å². The van der Waals surface area contributed by atoms with Crippen LogP contribution in [0.25, 0.3) is 0 Å². The number of nitrogens with zero attached hydrogens (tertiary/aromatic N) is 1. The Morgan fingerprint density at radius 1 is 0.525 bits per heavy atom. The van der Waals surface area contributed by atoms with Crippen LogP contribution in [-0.2, 0) is 67.1 Å². The van der Waals surface area contributed by atoms with E-state index < -0.39 is 179 Å².